The highest BCUT2D eigenvalue weighted by Crippen LogP contribution is 2.32. The number of aromatic nitrogens is 1. The maximum atomic E-state index is 11.0. The zero-order valence-electron chi connectivity index (χ0n) is 13.6. The lowest BCUT2D eigenvalue weighted by Gasteiger charge is -2.13. The summed E-state index contributed by atoms with van der Waals surface area (Å²) in [6.45, 7) is 0. The Morgan fingerprint density at radius 3 is 1.96 bits per heavy atom. The van der Waals surface area contributed by atoms with Gasteiger partial charge in [-0.3, -0.25) is 4.79 Å². The van der Waals surface area contributed by atoms with Gasteiger partial charge in [-0.05, 0) is 29.8 Å². The van der Waals surface area contributed by atoms with E-state index in [4.69, 9.17) is 10.7 Å². The van der Waals surface area contributed by atoms with Crippen molar-refractivity contribution >= 4 is 39.1 Å². The molecule has 0 fully saturated rings. The average Bonchev–Trinajstić information content (AvgIpc) is 2.62. The zero-order valence-corrected chi connectivity index (χ0v) is 13.6. The van der Waals surface area contributed by atoms with Gasteiger partial charge in [-0.15, -0.1) is 0 Å². The summed E-state index contributed by atoms with van der Waals surface area (Å²) in [5.74, 6) is -0.327. The van der Waals surface area contributed by atoms with E-state index in [-0.39, 0.29) is 12.3 Å². The molecule has 4 rings (SSSR count). The van der Waals surface area contributed by atoms with Crippen LogP contribution in [0.15, 0.2) is 72.8 Å². The van der Waals surface area contributed by atoms with Crippen molar-refractivity contribution in [1.82, 2.24) is 4.98 Å². The lowest BCUT2D eigenvalue weighted by atomic mass is 10.1. The number of nitrogens with one attached hydrogen (secondary N) is 1. The van der Waals surface area contributed by atoms with Crippen LogP contribution in [0.1, 0.15) is 5.56 Å². The van der Waals surface area contributed by atoms with Gasteiger partial charge in [-0.2, -0.15) is 0 Å². The zero-order chi connectivity index (χ0) is 17.2. The Balaban J connectivity index is 1.80. The van der Waals surface area contributed by atoms with Crippen LogP contribution in [0.2, 0.25) is 0 Å². The molecule has 0 spiro atoms. The smallest absolute Gasteiger partial charge is 0.221 e. The molecule has 0 aliphatic rings. The maximum absolute atomic E-state index is 11.0. The molecular formula is C21H17N3O. The third-order valence-electron chi connectivity index (χ3n) is 4.19. The highest BCUT2D eigenvalue weighted by molar-refractivity contribution is 6.08. The number of pyridine rings is 1. The predicted octanol–water partition coefficient (Wildman–Crippen LogP) is 4.16. The van der Waals surface area contributed by atoms with Gasteiger partial charge in [0.05, 0.1) is 23.1 Å². The molecule has 0 aliphatic carbocycles. The summed E-state index contributed by atoms with van der Waals surface area (Å²) in [4.78, 5) is 15.8. The van der Waals surface area contributed by atoms with Gasteiger partial charge in [-0.1, -0.05) is 48.5 Å². The fraction of sp³-hybridized carbons (Fsp3) is 0.0476. The number of primary amides is 1. The van der Waals surface area contributed by atoms with Crippen LogP contribution < -0.4 is 11.1 Å². The molecule has 25 heavy (non-hydrogen) atoms. The van der Waals surface area contributed by atoms with E-state index in [0.717, 1.165) is 38.7 Å². The molecule has 3 aromatic carbocycles. The van der Waals surface area contributed by atoms with E-state index in [2.05, 4.69) is 17.4 Å². The SMILES string of the molecule is NC(=O)Cc1ccc(Nc2c3ccccc3nc3ccccc23)cc1. The van der Waals surface area contributed by atoms with Crippen molar-refractivity contribution < 1.29 is 4.79 Å². The van der Waals surface area contributed by atoms with Crippen LogP contribution in [-0.2, 0) is 11.2 Å². The molecule has 1 aromatic heterocycles. The lowest BCUT2D eigenvalue weighted by molar-refractivity contribution is -0.117. The molecule has 0 saturated carbocycles. The summed E-state index contributed by atoms with van der Waals surface area (Å²) < 4.78 is 0. The third kappa shape index (κ3) is 3.02. The van der Waals surface area contributed by atoms with Gasteiger partial charge in [-0.25, -0.2) is 4.98 Å². The number of fused-ring (bicyclic) bond motifs is 2. The minimum Gasteiger partial charge on any atom is -0.369 e. The summed E-state index contributed by atoms with van der Waals surface area (Å²) in [7, 11) is 0. The molecule has 0 saturated heterocycles. The summed E-state index contributed by atoms with van der Waals surface area (Å²) in [5.41, 5.74) is 10.0. The van der Waals surface area contributed by atoms with Gasteiger partial charge >= 0.3 is 0 Å². The molecule has 1 heterocycles. The number of rotatable bonds is 4. The number of benzene rings is 3. The summed E-state index contributed by atoms with van der Waals surface area (Å²) in [6, 6.07) is 23.9. The molecular weight excluding hydrogens is 310 g/mol. The molecule has 1 amide bonds. The number of hydrogen-bond donors (Lipinski definition) is 2. The number of anilines is 2. The Bertz CT molecular complexity index is 1020. The third-order valence-corrected chi connectivity index (χ3v) is 4.19. The molecule has 0 radical (unpaired) electrons. The van der Waals surface area contributed by atoms with Crippen molar-refractivity contribution in [3.05, 3.63) is 78.4 Å². The Hall–Kier alpha value is -3.40. The van der Waals surface area contributed by atoms with Crippen LogP contribution in [0.25, 0.3) is 21.8 Å². The first-order valence-corrected chi connectivity index (χ1v) is 8.12. The molecule has 4 heteroatoms. The van der Waals surface area contributed by atoms with Crippen LogP contribution in [0.4, 0.5) is 11.4 Å². The van der Waals surface area contributed by atoms with Crippen molar-refractivity contribution in [3.8, 4) is 0 Å². The van der Waals surface area contributed by atoms with Crippen molar-refractivity contribution in [2.75, 3.05) is 5.32 Å². The van der Waals surface area contributed by atoms with E-state index in [0.29, 0.717) is 0 Å². The van der Waals surface area contributed by atoms with Crippen LogP contribution in [0.3, 0.4) is 0 Å². The molecule has 4 nitrogen and oxygen atoms in total. The van der Waals surface area contributed by atoms with E-state index in [1.807, 2.05) is 60.7 Å². The van der Waals surface area contributed by atoms with Gasteiger partial charge in [0.2, 0.25) is 5.91 Å². The Kier molecular flexibility index (Phi) is 3.78. The molecule has 122 valence electrons. The first kappa shape index (κ1) is 15.1. The lowest BCUT2D eigenvalue weighted by Crippen LogP contribution is -2.13. The highest BCUT2D eigenvalue weighted by Gasteiger charge is 2.09. The summed E-state index contributed by atoms with van der Waals surface area (Å²) >= 11 is 0. The molecule has 0 atom stereocenters. The van der Waals surface area contributed by atoms with Crippen molar-refractivity contribution in [3.63, 3.8) is 0 Å². The number of para-hydroxylation sites is 2. The molecule has 4 aromatic rings. The van der Waals surface area contributed by atoms with E-state index in [1.165, 1.54) is 0 Å². The van der Waals surface area contributed by atoms with E-state index >= 15 is 0 Å². The largest absolute Gasteiger partial charge is 0.369 e. The quantitative estimate of drug-likeness (QED) is 0.553. The molecule has 0 bridgehead atoms. The highest BCUT2D eigenvalue weighted by atomic mass is 16.1. The molecule has 3 N–H and O–H groups in total. The first-order chi connectivity index (χ1) is 12.2. The van der Waals surface area contributed by atoms with E-state index in [1.54, 1.807) is 0 Å². The van der Waals surface area contributed by atoms with Crippen molar-refractivity contribution in [2.45, 2.75) is 6.42 Å². The van der Waals surface area contributed by atoms with Crippen LogP contribution in [-0.4, -0.2) is 10.9 Å². The second-order valence-corrected chi connectivity index (χ2v) is 5.99. The van der Waals surface area contributed by atoms with Gasteiger partial charge in [0.25, 0.3) is 0 Å². The van der Waals surface area contributed by atoms with Gasteiger partial charge in [0.15, 0.2) is 0 Å². The molecule has 0 aliphatic heterocycles. The second kappa shape index (κ2) is 6.24. The number of carbonyl (C=O) groups excluding carboxylic acids is 1. The Labute approximate surface area is 145 Å². The predicted molar refractivity (Wildman–Crippen MR) is 102 cm³/mol. The van der Waals surface area contributed by atoms with E-state index in [9.17, 15) is 4.79 Å². The van der Waals surface area contributed by atoms with Crippen LogP contribution >= 0.6 is 0 Å². The topological polar surface area (TPSA) is 68.0 Å². The number of nitrogens with two attached hydrogens (primary N) is 1. The standard InChI is InChI=1S/C21H17N3O/c22-20(25)13-14-9-11-15(12-10-14)23-21-16-5-1-3-7-18(16)24-19-8-4-2-6-17(19)21/h1-12H,13H2,(H2,22,25)(H,23,24). The fourth-order valence-corrected chi connectivity index (χ4v) is 3.03. The van der Waals surface area contributed by atoms with E-state index < -0.39 is 0 Å². The average molecular weight is 327 g/mol. The number of amides is 1. The van der Waals surface area contributed by atoms with Gasteiger partial charge in [0, 0.05) is 16.5 Å². The van der Waals surface area contributed by atoms with Crippen molar-refractivity contribution in [1.29, 1.82) is 0 Å². The minimum absolute atomic E-state index is 0.251. The van der Waals surface area contributed by atoms with Crippen molar-refractivity contribution in [2.24, 2.45) is 5.73 Å². The minimum atomic E-state index is -0.327. The number of nitrogens with zero attached hydrogens (tertiary/aromatic N) is 1. The number of hydrogen-bond acceptors (Lipinski definition) is 3. The number of carbonyl (C=O) groups is 1. The normalized spacial score (nSPS) is 10.9. The van der Waals surface area contributed by atoms with Gasteiger partial charge < -0.3 is 11.1 Å². The summed E-state index contributed by atoms with van der Waals surface area (Å²) in [6.07, 6.45) is 0.251. The first-order valence-electron chi connectivity index (χ1n) is 8.12. The van der Waals surface area contributed by atoms with Crippen LogP contribution in [0.5, 0.6) is 0 Å². The van der Waals surface area contributed by atoms with Gasteiger partial charge in [0.1, 0.15) is 0 Å². The Morgan fingerprint density at radius 2 is 1.40 bits per heavy atom. The fourth-order valence-electron chi connectivity index (χ4n) is 3.03. The van der Waals surface area contributed by atoms with Crippen LogP contribution in [0, 0.1) is 0 Å². The summed E-state index contributed by atoms with van der Waals surface area (Å²) in [5, 5.41) is 5.66. The monoisotopic (exact) mass is 327 g/mol. The maximum Gasteiger partial charge on any atom is 0.221 e. The molecule has 0 unspecified atom stereocenters. The second-order valence-electron chi connectivity index (χ2n) is 5.99. The Morgan fingerprint density at radius 1 is 0.840 bits per heavy atom.